The molecule has 1 atom stereocenters. The summed E-state index contributed by atoms with van der Waals surface area (Å²) < 4.78 is 5.70. The van der Waals surface area contributed by atoms with Crippen molar-refractivity contribution in [2.75, 3.05) is 42.9 Å². The molecule has 6 heteroatoms. The molecule has 3 rings (SSSR count). The summed E-state index contributed by atoms with van der Waals surface area (Å²) in [5.41, 5.74) is 3.05. The van der Waals surface area contributed by atoms with E-state index in [1.165, 1.54) is 5.69 Å². The number of hydrogen-bond donors (Lipinski definition) is 1. The quantitative estimate of drug-likeness (QED) is 0.788. The Hall–Kier alpha value is -2.24. The van der Waals surface area contributed by atoms with Crippen LogP contribution in [0.5, 0.6) is 5.75 Å². The summed E-state index contributed by atoms with van der Waals surface area (Å²) in [4.78, 5) is 17.4. The largest absolute Gasteiger partial charge is 0.481 e. The Kier molecular flexibility index (Phi) is 6.81. The number of anilines is 2. The molecular weight excluding hydrogens is 374 g/mol. The Morgan fingerprint density at radius 3 is 2.57 bits per heavy atom. The fourth-order valence-electron chi connectivity index (χ4n) is 3.34. The number of carbonyl (C=O) groups is 1. The number of amides is 1. The Balaban J connectivity index is 1.60. The van der Waals surface area contributed by atoms with Crippen LogP contribution in [-0.4, -0.2) is 49.6 Å². The van der Waals surface area contributed by atoms with Gasteiger partial charge in [-0.3, -0.25) is 4.79 Å². The second-order valence-electron chi connectivity index (χ2n) is 7.13. The minimum absolute atomic E-state index is 0.188. The van der Waals surface area contributed by atoms with Crippen molar-refractivity contribution in [1.29, 1.82) is 0 Å². The van der Waals surface area contributed by atoms with Gasteiger partial charge in [0.05, 0.1) is 0 Å². The molecule has 0 radical (unpaired) electrons. The predicted molar refractivity (Wildman–Crippen MR) is 116 cm³/mol. The van der Waals surface area contributed by atoms with E-state index in [0.717, 1.165) is 44.0 Å². The lowest BCUT2D eigenvalue weighted by atomic mass is 10.1. The first kappa shape index (κ1) is 20.5. The molecule has 1 amide bonds. The highest BCUT2D eigenvalue weighted by Gasteiger charge is 2.18. The number of rotatable bonds is 6. The molecule has 28 heavy (non-hydrogen) atoms. The van der Waals surface area contributed by atoms with Gasteiger partial charge >= 0.3 is 0 Å². The standard InChI is InChI=1S/C22H28ClN3O2/c1-4-25-10-12-26(13-11-25)19-8-9-21(16(2)14-19)24-22(27)17(3)28-20-7-5-6-18(23)15-20/h5-9,14-15,17H,4,10-13H2,1-3H3,(H,24,27). The van der Waals surface area contributed by atoms with Crippen molar-refractivity contribution in [2.45, 2.75) is 26.9 Å². The molecule has 2 aromatic rings. The highest BCUT2D eigenvalue weighted by atomic mass is 35.5. The molecule has 1 fully saturated rings. The first-order valence-corrected chi connectivity index (χ1v) is 10.1. The zero-order valence-corrected chi connectivity index (χ0v) is 17.5. The molecule has 150 valence electrons. The van der Waals surface area contributed by atoms with E-state index in [2.05, 4.69) is 34.2 Å². The number of nitrogens with zero attached hydrogens (tertiary/aromatic N) is 2. The molecule has 0 spiro atoms. The van der Waals surface area contributed by atoms with Gasteiger partial charge in [-0.1, -0.05) is 24.6 Å². The monoisotopic (exact) mass is 401 g/mol. The minimum Gasteiger partial charge on any atom is -0.481 e. The number of benzene rings is 2. The predicted octanol–water partition coefficient (Wildman–Crippen LogP) is 4.20. The van der Waals surface area contributed by atoms with Gasteiger partial charge < -0.3 is 19.9 Å². The molecule has 0 saturated carbocycles. The van der Waals surface area contributed by atoms with E-state index in [-0.39, 0.29) is 5.91 Å². The third-order valence-corrected chi connectivity index (χ3v) is 5.37. The Morgan fingerprint density at radius 2 is 1.93 bits per heavy atom. The van der Waals surface area contributed by atoms with Crippen LogP contribution in [-0.2, 0) is 4.79 Å². The van der Waals surface area contributed by atoms with Gasteiger partial charge in [-0.15, -0.1) is 0 Å². The van der Waals surface area contributed by atoms with E-state index in [1.54, 1.807) is 31.2 Å². The molecule has 1 heterocycles. The average molecular weight is 402 g/mol. The van der Waals surface area contributed by atoms with Crippen molar-refractivity contribution in [3.63, 3.8) is 0 Å². The normalized spacial score (nSPS) is 15.9. The third-order valence-electron chi connectivity index (χ3n) is 5.13. The summed E-state index contributed by atoms with van der Waals surface area (Å²) >= 11 is 5.97. The van der Waals surface area contributed by atoms with Crippen molar-refractivity contribution in [3.05, 3.63) is 53.1 Å². The van der Waals surface area contributed by atoms with E-state index < -0.39 is 6.10 Å². The van der Waals surface area contributed by atoms with Crippen LogP contribution in [0.2, 0.25) is 5.02 Å². The van der Waals surface area contributed by atoms with Crippen molar-refractivity contribution < 1.29 is 9.53 Å². The SMILES string of the molecule is CCN1CCN(c2ccc(NC(=O)C(C)Oc3cccc(Cl)c3)c(C)c2)CC1. The summed E-state index contributed by atoms with van der Waals surface area (Å²) in [5.74, 6) is 0.390. The molecule has 0 bridgehead atoms. The van der Waals surface area contributed by atoms with Gasteiger partial charge in [0.25, 0.3) is 5.91 Å². The summed E-state index contributed by atoms with van der Waals surface area (Å²) in [6.07, 6.45) is -0.625. The molecule has 1 N–H and O–H groups in total. The van der Waals surface area contributed by atoms with E-state index in [1.807, 2.05) is 13.0 Å². The number of nitrogens with one attached hydrogen (secondary N) is 1. The van der Waals surface area contributed by atoms with Crippen molar-refractivity contribution in [2.24, 2.45) is 0 Å². The van der Waals surface area contributed by atoms with Crippen molar-refractivity contribution in [1.82, 2.24) is 4.90 Å². The van der Waals surface area contributed by atoms with Crippen LogP contribution in [0.1, 0.15) is 19.4 Å². The van der Waals surface area contributed by atoms with Crippen LogP contribution in [0.3, 0.4) is 0 Å². The molecule has 5 nitrogen and oxygen atoms in total. The average Bonchev–Trinajstić information content (AvgIpc) is 2.69. The molecular formula is C22H28ClN3O2. The lowest BCUT2D eigenvalue weighted by Crippen LogP contribution is -2.46. The molecule has 1 unspecified atom stereocenters. The van der Waals surface area contributed by atoms with Gasteiger partial charge in [0.2, 0.25) is 0 Å². The third kappa shape index (κ3) is 5.18. The summed E-state index contributed by atoms with van der Waals surface area (Å²) in [6, 6.07) is 13.2. The smallest absolute Gasteiger partial charge is 0.265 e. The van der Waals surface area contributed by atoms with Gasteiger partial charge in [-0.2, -0.15) is 0 Å². The topological polar surface area (TPSA) is 44.8 Å². The second-order valence-corrected chi connectivity index (χ2v) is 7.56. The maximum absolute atomic E-state index is 12.5. The van der Waals surface area contributed by atoms with Crippen LogP contribution in [0, 0.1) is 6.92 Å². The highest BCUT2D eigenvalue weighted by Crippen LogP contribution is 2.24. The summed E-state index contributed by atoms with van der Waals surface area (Å²) in [5, 5.41) is 3.55. The summed E-state index contributed by atoms with van der Waals surface area (Å²) in [6.45, 7) is 11.3. The number of ether oxygens (including phenoxy) is 1. The van der Waals surface area contributed by atoms with Crippen LogP contribution < -0.4 is 15.0 Å². The number of carbonyl (C=O) groups excluding carboxylic acids is 1. The molecule has 0 aromatic heterocycles. The van der Waals surface area contributed by atoms with Crippen LogP contribution in [0.25, 0.3) is 0 Å². The Bertz CT molecular complexity index is 819. The summed E-state index contributed by atoms with van der Waals surface area (Å²) in [7, 11) is 0. The first-order valence-electron chi connectivity index (χ1n) is 9.77. The van der Waals surface area contributed by atoms with Gasteiger partial charge in [-0.25, -0.2) is 0 Å². The number of likely N-dealkylation sites (N-methyl/N-ethyl adjacent to an activating group) is 1. The molecule has 1 saturated heterocycles. The molecule has 1 aliphatic rings. The molecule has 1 aliphatic heterocycles. The van der Waals surface area contributed by atoms with Gasteiger partial charge in [-0.05, 0) is 62.4 Å². The van der Waals surface area contributed by atoms with Crippen molar-refractivity contribution in [3.8, 4) is 5.75 Å². The number of piperazine rings is 1. The lowest BCUT2D eigenvalue weighted by Gasteiger charge is -2.35. The zero-order chi connectivity index (χ0) is 20.1. The van der Waals surface area contributed by atoms with E-state index in [4.69, 9.17) is 16.3 Å². The second kappa shape index (κ2) is 9.30. The van der Waals surface area contributed by atoms with Gasteiger partial charge in [0, 0.05) is 42.6 Å². The van der Waals surface area contributed by atoms with Gasteiger partial charge in [0.15, 0.2) is 6.10 Å². The zero-order valence-electron chi connectivity index (χ0n) is 16.7. The van der Waals surface area contributed by atoms with E-state index in [9.17, 15) is 4.79 Å². The van der Waals surface area contributed by atoms with Crippen LogP contribution >= 0.6 is 11.6 Å². The fraction of sp³-hybridized carbons (Fsp3) is 0.409. The maximum atomic E-state index is 12.5. The lowest BCUT2D eigenvalue weighted by molar-refractivity contribution is -0.122. The maximum Gasteiger partial charge on any atom is 0.265 e. The first-order chi connectivity index (χ1) is 13.5. The van der Waals surface area contributed by atoms with Crippen molar-refractivity contribution >= 4 is 28.9 Å². The van der Waals surface area contributed by atoms with Crippen LogP contribution in [0.15, 0.2) is 42.5 Å². The van der Waals surface area contributed by atoms with E-state index in [0.29, 0.717) is 10.8 Å². The Labute approximate surface area is 172 Å². The van der Waals surface area contributed by atoms with Crippen LogP contribution in [0.4, 0.5) is 11.4 Å². The number of halogens is 1. The van der Waals surface area contributed by atoms with Gasteiger partial charge in [0.1, 0.15) is 5.75 Å². The number of hydrogen-bond acceptors (Lipinski definition) is 4. The molecule has 2 aromatic carbocycles. The number of aryl methyl sites for hydroxylation is 1. The van der Waals surface area contributed by atoms with E-state index >= 15 is 0 Å². The highest BCUT2D eigenvalue weighted by molar-refractivity contribution is 6.30. The minimum atomic E-state index is -0.625. The molecule has 0 aliphatic carbocycles. The Morgan fingerprint density at radius 1 is 1.18 bits per heavy atom. The fourth-order valence-corrected chi connectivity index (χ4v) is 3.52.